The van der Waals surface area contributed by atoms with Crippen LogP contribution in [0.1, 0.15) is 39.0 Å². The molecule has 1 atom stereocenters. The molecule has 7 heteroatoms. The van der Waals surface area contributed by atoms with Crippen LogP contribution in [0.5, 0.6) is 0 Å². The van der Waals surface area contributed by atoms with E-state index in [2.05, 4.69) is 17.2 Å². The van der Waals surface area contributed by atoms with E-state index in [0.29, 0.717) is 18.6 Å². The Hall–Kier alpha value is -1.47. The maximum absolute atomic E-state index is 12.5. The highest BCUT2D eigenvalue weighted by Gasteiger charge is 2.55. The maximum Gasteiger partial charge on any atom is 0.244 e. The summed E-state index contributed by atoms with van der Waals surface area (Å²) in [5, 5.41) is 5.15. The summed E-state index contributed by atoms with van der Waals surface area (Å²) in [6, 6.07) is 0. The number of rotatable bonds is 4. The SMILES string of the molecule is C=C(C)OCOC1CCCCCC12C(=O)NC(=S)NC2=O. The van der Waals surface area contributed by atoms with Crippen LogP contribution in [0.2, 0.25) is 0 Å². The van der Waals surface area contributed by atoms with E-state index >= 15 is 0 Å². The molecular weight excluding hydrogens is 292 g/mol. The van der Waals surface area contributed by atoms with Crippen LogP contribution in [0.3, 0.4) is 0 Å². The van der Waals surface area contributed by atoms with E-state index in [1.165, 1.54) is 0 Å². The van der Waals surface area contributed by atoms with Crippen LogP contribution >= 0.6 is 12.2 Å². The molecule has 116 valence electrons. The molecule has 0 aromatic rings. The Kier molecular flexibility index (Phi) is 4.95. The number of hydrogen-bond donors (Lipinski definition) is 2. The molecule has 0 aromatic carbocycles. The van der Waals surface area contributed by atoms with Crippen molar-refractivity contribution in [1.82, 2.24) is 10.6 Å². The average molecular weight is 312 g/mol. The Bertz CT molecular complexity index is 458. The third-order valence-corrected chi connectivity index (χ3v) is 4.13. The molecule has 2 rings (SSSR count). The Morgan fingerprint density at radius 1 is 1.33 bits per heavy atom. The van der Waals surface area contributed by atoms with Crippen LogP contribution in [-0.2, 0) is 19.1 Å². The van der Waals surface area contributed by atoms with Gasteiger partial charge in [0.2, 0.25) is 11.8 Å². The van der Waals surface area contributed by atoms with Gasteiger partial charge in [-0.25, -0.2) is 0 Å². The molecule has 0 aromatic heterocycles. The second-order valence-corrected chi connectivity index (χ2v) is 5.84. The van der Waals surface area contributed by atoms with E-state index in [0.717, 1.165) is 19.3 Å². The normalized spacial score (nSPS) is 25.0. The first-order chi connectivity index (χ1) is 9.96. The highest BCUT2D eigenvalue weighted by molar-refractivity contribution is 7.80. The van der Waals surface area contributed by atoms with Gasteiger partial charge in [0.25, 0.3) is 0 Å². The number of carbonyl (C=O) groups excluding carboxylic acids is 2. The smallest absolute Gasteiger partial charge is 0.244 e. The van der Waals surface area contributed by atoms with Gasteiger partial charge in [0.1, 0.15) is 0 Å². The highest BCUT2D eigenvalue weighted by Crippen LogP contribution is 2.39. The molecule has 1 heterocycles. The number of hydrogen-bond acceptors (Lipinski definition) is 5. The zero-order valence-electron chi connectivity index (χ0n) is 12.1. The molecule has 1 aliphatic carbocycles. The molecule has 2 aliphatic rings. The van der Waals surface area contributed by atoms with Gasteiger partial charge < -0.3 is 20.1 Å². The number of carbonyl (C=O) groups is 2. The van der Waals surface area contributed by atoms with Gasteiger partial charge in [0.15, 0.2) is 17.3 Å². The van der Waals surface area contributed by atoms with Crippen molar-refractivity contribution in [2.24, 2.45) is 5.41 Å². The van der Waals surface area contributed by atoms with Crippen LogP contribution in [-0.4, -0.2) is 29.8 Å². The molecule has 2 amide bonds. The lowest BCUT2D eigenvalue weighted by molar-refractivity contribution is -0.164. The second kappa shape index (κ2) is 6.53. The van der Waals surface area contributed by atoms with E-state index < -0.39 is 11.5 Å². The third kappa shape index (κ3) is 3.24. The zero-order valence-corrected chi connectivity index (χ0v) is 12.9. The summed E-state index contributed by atoms with van der Waals surface area (Å²) in [4.78, 5) is 24.9. The monoisotopic (exact) mass is 312 g/mol. The molecular formula is C14H20N2O4S. The lowest BCUT2D eigenvalue weighted by Crippen LogP contribution is -2.66. The predicted octanol–water partition coefficient (Wildman–Crippen LogP) is 1.36. The van der Waals surface area contributed by atoms with Gasteiger partial charge in [-0.15, -0.1) is 0 Å². The van der Waals surface area contributed by atoms with Crippen LogP contribution in [0.25, 0.3) is 0 Å². The summed E-state index contributed by atoms with van der Waals surface area (Å²) in [6.45, 7) is 5.31. The van der Waals surface area contributed by atoms with Gasteiger partial charge >= 0.3 is 0 Å². The van der Waals surface area contributed by atoms with Gasteiger partial charge in [-0.1, -0.05) is 25.8 Å². The van der Waals surface area contributed by atoms with E-state index in [-0.39, 0.29) is 23.7 Å². The largest absolute Gasteiger partial charge is 0.473 e. The van der Waals surface area contributed by atoms with Crippen molar-refractivity contribution in [2.75, 3.05) is 6.79 Å². The Labute approximate surface area is 129 Å². The minimum absolute atomic E-state index is 0.0211. The minimum Gasteiger partial charge on any atom is -0.473 e. The predicted molar refractivity (Wildman–Crippen MR) is 80.0 cm³/mol. The fourth-order valence-corrected chi connectivity index (χ4v) is 3.03. The zero-order chi connectivity index (χ0) is 15.5. The van der Waals surface area contributed by atoms with E-state index in [1.54, 1.807) is 6.92 Å². The molecule has 1 saturated heterocycles. The quantitative estimate of drug-likeness (QED) is 0.355. The number of thiocarbonyl (C=S) groups is 1. The number of allylic oxidation sites excluding steroid dienone is 1. The molecule has 2 fully saturated rings. The van der Waals surface area contributed by atoms with E-state index in [9.17, 15) is 9.59 Å². The fraction of sp³-hybridized carbons (Fsp3) is 0.643. The van der Waals surface area contributed by atoms with Crippen molar-refractivity contribution >= 4 is 29.1 Å². The summed E-state index contributed by atoms with van der Waals surface area (Å²) in [5.41, 5.74) is -1.22. The van der Waals surface area contributed by atoms with Crippen LogP contribution < -0.4 is 10.6 Å². The maximum atomic E-state index is 12.5. The fourth-order valence-electron chi connectivity index (χ4n) is 2.84. The third-order valence-electron chi connectivity index (χ3n) is 3.93. The molecule has 1 spiro atoms. The van der Waals surface area contributed by atoms with Gasteiger partial charge in [-0.05, 0) is 32.0 Å². The van der Waals surface area contributed by atoms with Crippen LogP contribution in [0, 0.1) is 5.41 Å². The van der Waals surface area contributed by atoms with Crippen molar-refractivity contribution in [2.45, 2.75) is 45.1 Å². The first-order valence-corrected chi connectivity index (χ1v) is 7.44. The second-order valence-electron chi connectivity index (χ2n) is 5.43. The van der Waals surface area contributed by atoms with Gasteiger partial charge in [-0.2, -0.15) is 0 Å². The highest BCUT2D eigenvalue weighted by atomic mass is 32.1. The average Bonchev–Trinajstić information content (AvgIpc) is 2.59. The van der Waals surface area contributed by atoms with Gasteiger partial charge in [0.05, 0.1) is 11.9 Å². The molecule has 0 radical (unpaired) electrons. The lowest BCUT2D eigenvalue weighted by atomic mass is 9.75. The van der Waals surface area contributed by atoms with Crippen molar-refractivity contribution in [3.05, 3.63) is 12.3 Å². The summed E-state index contributed by atoms with van der Waals surface area (Å²) < 4.78 is 10.9. The van der Waals surface area contributed by atoms with Gasteiger partial charge in [0, 0.05) is 0 Å². The Balaban J connectivity index is 2.21. The summed E-state index contributed by atoms with van der Waals surface area (Å²) in [6.07, 6.45) is 3.23. The van der Waals surface area contributed by atoms with Crippen molar-refractivity contribution < 1.29 is 19.1 Å². The summed E-state index contributed by atoms with van der Waals surface area (Å²) in [5.74, 6) is -0.228. The van der Waals surface area contributed by atoms with Crippen LogP contribution in [0.4, 0.5) is 0 Å². The van der Waals surface area contributed by atoms with Crippen LogP contribution in [0.15, 0.2) is 12.3 Å². The minimum atomic E-state index is -1.22. The van der Waals surface area contributed by atoms with Crippen molar-refractivity contribution in [3.8, 4) is 0 Å². The molecule has 1 saturated carbocycles. The first kappa shape index (κ1) is 15.9. The van der Waals surface area contributed by atoms with Crippen molar-refractivity contribution in [3.63, 3.8) is 0 Å². The van der Waals surface area contributed by atoms with E-state index in [1.807, 2.05) is 0 Å². The Morgan fingerprint density at radius 3 is 2.62 bits per heavy atom. The molecule has 0 bridgehead atoms. The van der Waals surface area contributed by atoms with E-state index in [4.69, 9.17) is 21.7 Å². The first-order valence-electron chi connectivity index (χ1n) is 7.03. The molecule has 1 unspecified atom stereocenters. The topological polar surface area (TPSA) is 76.7 Å². The molecule has 1 aliphatic heterocycles. The standard InChI is InChI=1S/C14H20N2O4S/c1-9(2)19-8-20-10-6-4-3-5-7-14(10)11(17)15-13(21)16-12(14)18/h10H,1,3-8H2,2H3,(H2,15,16,17,18,21). The summed E-state index contributed by atoms with van der Waals surface area (Å²) in [7, 11) is 0. The molecule has 6 nitrogen and oxygen atoms in total. The lowest BCUT2D eigenvalue weighted by Gasteiger charge is -2.39. The molecule has 21 heavy (non-hydrogen) atoms. The number of ether oxygens (including phenoxy) is 2. The molecule has 2 N–H and O–H groups in total. The Morgan fingerprint density at radius 2 is 2.00 bits per heavy atom. The number of amides is 2. The van der Waals surface area contributed by atoms with Gasteiger partial charge in [-0.3, -0.25) is 9.59 Å². The number of nitrogens with one attached hydrogen (secondary N) is 2. The summed E-state index contributed by atoms with van der Waals surface area (Å²) >= 11 is 4.87. The van der Waals surface area contributed by atoms with Crippen molar-refractivity contribution in [1.29, 1.82) is 0 Å².